The number of nitrogens with zero attached hydrogens (tertiary/aromatic N) is 3. The van der Waals surface area contributed by atoms with Crippen molar-refractivity contribution >= 4 is 17.8 Å². The van der Waals surface area contributed by atoms with Crippen LogP contribution < -0.4 is 5.69 Å². The first-order valence-electron chi connectivity index (χ1n) is 4.47. The van der Waals surface area contributed by atoms with Crippen molar-refractivity contribution < 1.29 is 10.2 Å². The van der Waals surface area contributed by atoms with Crippen molar-refractivity contribution in [3.8, 4) is 11.5 Å². The largest absolute Gasteiger partial charge is 0.504 e. The Morgan fingerprint density at radius 1 is 1.41 bits per heavy atom. The number of nitrogens with one attached hydrogen (secondary N) is 1. The van der Waals surface area contributed by atoms with Crippen LogP contribution in [-0.4, -0.2) is 31.3 Å². The highest BCUT2D eigenvalue weighted by atomic mass is 35.5. The van der Waals surface area contributed by atoms with Gasteiger partial charge in [0.2, 0.25) is 5.28 Å². The van der Waals surface area contributed by atoms with Crippen molar-refractivity contribution in [1.29, 1.82) is 0 Å². The molecule has 0 aliphatic carbocycles. The van der Waals surface area contributed by atoms with Crippen LogP contribution in [0, 0.1) is 0 Å². The minimum Gasteiger partial charge on any atom is -0.504 e. The van der Waals surface area contributed by atoms with Gasteiger partial charge < -0.3 is 10.2 Å². The zero-order chi connectivity index (χ0) is 12.4. The lowest BCUT2D eigenvalue weighted by atomic mass is 10.2. The summed E-state index contributed by atoms with van der Waals surface area (Å²) in [4.78, 5) is 11.1. The van der Waals surface area contributed by atoms with Crippen LogP contribution in [0.4, 0.5) is 0 Å². The SMILES string of the molecule is O=c1[nH]nc(Cl)n1/N=C/c1ccc(O)c(O)c1. The van der Waals surface area contributed by atoms with Crippen molar-refractivity contribution in [2.45, 2.75) is 0 Å². The fourth-order valence-corrected chi connectivity index (χ4v) is 1.28. The van der Waals surface area contributed by atoms with Gasteiger partial charge in [-0.3, -0.25) is 0 Å². The van der Waals surface area contributed by atoms with E-state index in [2.05, 4.69) is 15.3 Å². The topological polar surface area (TPSA) is 104 Å². The van der Waals surface area contributed by atoms with Crippen LogP contribution in [0.3, 0.4) is 0 Å². The molecule has 0 saturated heterocycles. The zero-order valence-electron chi connectivity index (χ0n) is 8.33. The third kappa shape index (κ3) is 2.28. The molecule has 2 rings (SSSR count). The van der Waals surface area contributed by atoms with Crippen molar-refractivity contribution in [1.82, 2.24) is 14.9 Å². The van der Waals surface area contributed by atoms with Crippen molar-refractivity contribution in [2.24, 2.45) is 5.10 Å². The van der Waals surface area contributed by atoms with E-state index in [4.69, 9.17) is 16.7 Å². The molecule has 8 heteroatoms. The Morgan fingerprint density at radius 2 is 2.18 bits per heavy atom. The quantitative estimate of drug-likeness (QED) is 0.537. The van der Waals surface area contributed by atoms with Crippen molar-refractivity contribution in [2.75, 3.05) is 0 Å². The highest BCUT2D eigenvalue weighted by Crippen LogP contribution is 2.23. The minimum absolute atomic E-state index is 0.103. The summed E-state index contributed by atoms with van der Waals surface area (Å²) in [5.74, 6) is -0.514. The van der Waals surface area contributed by atoms with Crippen LogP contribution in [-0.2, 0) is 0 Å². The summed E-state index contributed by atoms with van der Waals surface area (Å²) in [5, 5.41) is 27.6. The predicted octanol–water partition coefficient (Wildman–Crippen LogP) is 0.518. The molecule has 1 aromatic carbocycles. The van der Waals surface area contributed by atoms with Crippen molar-refractivity contribution in [3.05, 3.63) is 39.5 Å². The first-order valence-corrected chi connectivity index (χ1v) is 4.85. The first-order chi connectivity index (χ1) is 8.08. The van der Waals surface area contributed by atoms with E-state index in [-0.39, 0.29) is 16.8 Å². The number of rotatable bonds is 2. The number of H-pyrrole nitrogens is 1. The molecule has 0 radical (unpaired) electrons. The Morgan fingerprint density at radius 3 is 2.76 bits per heavy atom. The molecule has 0 amide bonds. The van der Waals surface area contributed by atoms with Gasteiger partial charge >= 0.3 is 5.69 Å². The maximum Gasteiger partial charge on any atom is 0.365 e. The summed E-state index contributed by atoms with van der Waals surface area (Å²) in [6.45, 7) is 0. The Labute approximate surface area is 99.6 Å². The second-order valence-electron chi connectivity index (χ2n) is 3.10. The zero-order valence-corrected chi connectivity index (χ0v) is 9.09. The summed E-state index contributed by atoms with van der Waals surface area (Å²) in [6, 6.07) is 4.10. The Kier molecular flexibility index (Phi) is 2.84. The van der Waals surface area contributed by atoms with Gasteiger partial charge in [0.1, 0.15) is 0 Å². The molecular formula is C9H7ClN4O3. The van der Waals surface area contributed by atoms with Gasteiger partial charge in [-0.05, 0) is 35.4 Å². The summed E-state index contributed by atoms with van der Waals surface area (Å²) >= 11 is 5.59. The number of benzene rings is 1. The lowest BCUT2D eigenvalue weighted by Crippen LogP contribution is -2.12. The number of halogens is 1. The lowest BCUT2D eigenvalue weighted by molar-refractivity contribution is 0.403. The Hall–Kier alpha value is -2.28. The number of aromatic hydroxyl groups is 2. The summed E-state index contributed by atoms with van der Waals surface area (Å²) in [7, 11) is 0. The van der Waals surface area contributed by atoms with Crippen LogP contribution in [0.15, 0.2) is 28.1 Å². The number of aromatic nitrogens is 3. The maximum atomic E-state index is 11.1. The second kappa shape index (κ2) is 4.30. The summed E-state index contributed by atoms with van der Waals surface area (Å²) < 4.78 is 0.853. The third-order valence-corrected chi connectivity index (χ3v) is 2.18. The molecule has 2 aromatic rings. The molecule has 88 valence electrons. The van der Waals surface area contributed by atoms with Gasteiger partial charge in [-0.1, -0.05) is 0 Å². The van der Waals surface area contributed by atoms with E-state index in [9.17, 15) is 9.90 Å². The molecule has 0 atom stereocenters. The van der Waals surface area contributed by atoms with Gasteiger partial charge in [-0.15, -0.1) is 9.77 Å². The van der Waals surface area contributed by atoms with Crippen LogP contribution in [0.5, 0.6) is 11.5 Å². The normalized spacial score (nSPS) is 11.1. The fraction of sp³-hybridized carbons (Fsp3) is 0. The number of phenols is 2. The van der Waals surface area contributed by atoms with E-state index >= 15 is 0 Å². The number of phenolic OH excluding ortho intramolecular Hbond substituents is 2. The van der Waals surface area contributed by atoms with Gasteiger partial charge in [0.15, 0.2) is 11.5 Å². The monoisotopic (exact) mass is 254 g/mol. The van der Waals surface area contributed by atoms with Crippen molar-refractivity contribution in [3.63, 3.8) is 0 Å². The fourth-order valence-electron chi connectivity index (χ4n) is 1.12. The smallest absolute Gasteiger partial charge is 0.365 e. The Bertz CT molecular complexity index is 631. The molecule has 3 N–H and O–H groups in total. The van der Waals surface area contributed by atoms with Crippen LogP contribution in [0.1, 0.15) is 5.56 Å². The average Bonchev–Trinajstić information content (AvgIpc) is 2.61. The summed E-state index contributed by atoms with van der Waals surface area (Å²) in [6.07, 6.45) is 1.29. The second-order valence-corrected chi connectivity index (χ2v) is 3.44. The van der Waals surface area contributed by atoms with E-state index in [1.165, 1.54) is 24.4 Å². The number of hydrogen-bond acceptors (Lipinski definition) is 5. The minimum atomic E-state index is -0.575. The van der Waals surface area contributed by atoms with Gasteiger partial charge in [-0.2, -0.15) is 5.10 Å². The molecule has 0 saturated carbocycles. The van der Waals surface area contributed by atoms with Gasteiger partial charge in [0.25, 0.3) is 0 Å². The van der Waals surface area contributed by atoms with E-state index in [0.29, 0.717) is 5.56 Å². The molecule has 1 heterocycles. The molecule has 0 aliphatic heterocycles. The lowest BCUT2D eigenvalue weighted by Gasteiger charge is -1.97. The number of hydrogen-bond donors (Lipinski definition) is 3. The van der Waals surface area contributed by atoms with E-state index in [0.717, 1.165) is 4.68 Å². The van der Waals surface area contributed by atoms with Gasteiger partial charge in [0, 0.05) is 0 Å². The molecule has 1 aromatic heterocycles. The molecule has 7 nitrogen and oxygen atoms in total. The van der Waals surface area contributed by atoms with E-state index in [1.54, 1.807) is 0 Å². The first kappa shape index (κ1) is 11.2. The molecule has 0 bridgehead atoms. The van der Waals surface area contributed by atoms with E-state index < -0.39 is 5.69 Å². The average molecular weight is 255 g/mol. The predicted molar refractivity (Wildman–Crippen MR) is 60.6 cm³/mol. The van der Waals surface area contributed by atoms with Gasteiger partial charge in [-0.25, -0.2) is 9.89 Å². The molecular weight excluding hydrogens is 248 g/mol. The highest BCUT2D eigenvalue weighted by molar-refractivity contribution is 6.28. The number of aromatic amines is 1. The molecule has 17 heavy (non-hydrogen) atoms. The van der Waals surface area contributed by atoms with Gasteiger partial charge in [0.05, 0.1) is 6.21 Å². The van der Waals surface area contributed by atoms with E-state index in [1.807, 2.05) is 0 Å². The molecule has 0 aliphatic rings. The molecule has 0 spiro atoms. The maximum absolute atomic E-state index is 11.1. The van der Waals surface area contributed by atoms with Crippen LogP contribution >= 0.6 is 11.6 Å². The molecule has 0 fully saturated rings. The molecule has 0 unspecified atom stereocenters. The van der Waals surface area contributed by atoms with Crippen LogP contribution in [0.25, 0.3) is 0 Å². The standard InChI is InChI=1S/C9H7ClN4O3/c10-8-12-13-9(17)14(8)11-4-5-1-2-6(15)7(16)3-5/h1-4,15-16H,(H,13,17)/b11-4+. The summed E-state index contributed by atoms with van der Waals surface area (Å²) in [5.41, 5.74) is -0.0845. The third-order valence-electron chi connectivity index (χ3n) is 1.93. The highest BCUT2D eigenvalue weighted by Gasteiger charge is 2.03. The Balaban J connectivity index is 2.32. The van der Waals surface area contributed by atoms with Crippen LogP contribution in [0.2, 0.25) is 5.28 Å².